The maximum atomic E-state index is 6.02. The largest absolute Gasteiger partial charge is 0.497 e. The Morgan fingerprint density at radius 1 is 0.966 bits per heavy atom. The van der Waals surface area contributed by atoms with E-state index in [1.54, 1.807) is 20.4 Å². The summed E-state index contributed by atoms with van der Waals surface area (Å²) in [6, 6.07) is 18.9. The van der Waals surface area contributed by atoms with E-state index in [-0.39, 0.29) is 0 Å². The van der Waals surface area contributed by atoms with E-state index in [9.17, 15) is 0 Å². The number of hydrogen-bond donors (Lipinski definition) is 2. The highest BCUT2D eigenvalue weighted by atomic mass is 35.5. The molecule has 2 aromatic carbocycles. The molecule has 0 bridgehead atoms. The van der Waals surface area contributed by atoms with Crippen LogP contribution in [-0.2, 0) is 13.1 Å². The van der Waals surface area contributed by atoms with Crippen molar-refractivity contribution in [2.24, 2.45) is 4.99 Å². The standard InChI is InChI=1S/C22H23ClN4O2/c1-24-22(26-13-16-4-3-5-18(23)12-16)27-15-17-6-11-21(25-14-17)29-20-9-7-19(28-2)8-10-20/h3-12,14H,13,15H2,1-2H3,(H2,24,26,27). The Morgan fingerprint density at radius 2 is 1.69 bits per heavy atom. The van der Waals surface area contributed by atoms with Gasteiger partial charge in [-0.15, -0.1) is 0 Å². The van der Waals surface area contributed by atoms with Gasteiger partial charge in [0.1, 0.15) is 11.5 Å². The van der Waals surface area contributed by atoms with Crippen LogP contribution in [0.1, 0.15) is 11.1 Å². The zero-order valence-corrected chi connectivity index (χ0v) is 17.1. The van der Waals surface area contributed by atoms with E-state index in [1.165, 1.54) is 0 Å². The number of nitrogens with zero attached hydrogens (tertiary/aromatic N) is 2. The predicted octanol–water partition coefficient (Wildman–Crippen LogP) is 4.40. The van der Waals surface area contributed by atoms with Crippen LogP contribution in [0.5, 0.6) is 17.4 Å². The second kappa shape index (κ2) is 10.3. The molecule has 1 heterocycles. The topological polar surface area (TPSA) is 67.8 Å². The highest BCUT2D eigenvalue weighted by molar-refractivity contribution is 6.30. The van der Waals surface area contributed by atoms with Gasteiger partial charge in [-0.1, -0.05) is 29.8 Å². The summed E-state index contributed by atoms with van der Waals surface area (Å²) in [5, 5.41) is 7.24. The molecule has 0 spiro atoms. The monoisotopic (exact) mass is 410 g/mol. The van der Waals surface area contributed by atoms with Crippen LogP contribution in [0.4, 0.5) is 0 Å². The lowest BCUT2D eigenvalue weighted by Gasteiger charge is -2.12. The molecule has 6 nitrogen and oxygen atoms in total. The summed E-state index contributed by atoms with van der Waals surface area (Å²) in [6.07, 6.45) is 1.77. The molecule has 3 rings (SSSR count). The van der Waals surface area contributed by atoms with Gasteiger partial charge in [0.25, 0.3) is 0 Å². The van der Waals surface area contributed by atoms with Gasteiger partial charge in [-0.25, -0.2) is 4.98 Å². The fraction of sp³-hybridized carbons (Fsp3) is 0.182. The van der Waals surface area contributed by atoms with Gasteiger partial charge in [0.15, 0.2) is 5.96 Å². The number of guanidine groups is 1. The number of hydrogen-bond acceptors (Lipinski definition) is 4. The lowest BCUT2D eigenvalue weighted by molar-refractivity contribution is 0.412. The van der Waals surface area contributed by atoms with Gasteiger partial charge in [0, 0.05) is 37.4 Å². The van der Waals surface area contributed by atoms with Gasteiger partial charge in [0.2, 0.25) is 5.88 Å². The summed E-state index contributed by atoms with van der Waals surface area (Å²) in [4.78, 5) is 8.59. The summed E-state index contributed by atoms with van der Waals surface area (Å²) in [7, 11) is 3.36. The third-order valence-corrected chi connectivity index (χ3v) is 4.35. The van der Waals surface area contributed by atoms with E-state index in [2.05, 4.69) is 20.6 Å². The van der Waals surface area contributed by atoms with E-state index in [4.69, 9.17) is 21.1 Å². The van der Waals surface area contributed by atoms with Crippen molar-refractivity contribution >= 4 is 17.6 Å². The second-order valence-electron chi connectivity index (χ2n) is 6.19. The normalized spacial score (nSPS) is 11.1. The molecule has 0 saturated carbocycles. The van der Waals surface area contributed by atoms with Crippen LogP contribution < -0.4 is 20.1 Å². The van der Waals surface area contributed by atoms with Crippen LogP contribution in [0.15, 0.2) is 71.9 Å². The lowest BCUT2D eigenvalue weighted by atomic mass is 10.2. The Hall–Kier alpha value is -3.25. The fourth-order valence-electron chi connectivity index (χ4n) is 2.58. The van der Waals surface area contributed by atoms with Crippen molar-refractivity contribution in [1.29, 1.82) is 0 Å². The smallest absolute Gasteiger partial charge is 0.219 e. The first kappa shape index (κ1) is 20.5. The third kappa shape index (κ3) is 6.40. The summed E-state index contributed by atoms with van der Waals surface area (Å²) < 4.78 is 10.9. The van der Waals surface area contributed by atoms with Crippen molar-refractivity contribution in [3.8, 4) is 17.4 Å². The summed E-state index contributed by atoms with van der Waals surface area (Å²) in [6.45, 7) is 1.22. The maximum Gasteiger partial charge on any atom is 0.219 e. The van der Waals surface area contributed by atoms with Crippen molar-refractivity contribution in [3.63, 3.8) is 0 Å². The minimum absolute atomic E-state index is 0.530. The van der Waals surface area contributed by atoms with Gasteiger partial charge in [-0.05, 0) is 47.5 Å². The van der Waals surface area contributed by atoms with E-state index in [0.717, 1.165) is 21.9 Å². The van der Waals surface area contributed by atoms with Crippen LogP contribution in [0.25, 0.3) is 0 Å². The number of pyridine rings is 1. The average Bonchev–Trinajstić information content (AvgIpc) is 2.75. The number of rotatable bonds is 7. The van der Waals surface area contributed by atoms with E-state index in [0.29, 0.717) is 30.7 Å². The minimum Gasteiger partial charge on any atom is -0.497 e. The molecule has 3 aromatic rings. The molecule has 150 valence electrons. The molecule has 0 radical (unpaired) electrons. The highest BCUT2D eigenvalue weighted by Gasteiger charge is 2.03. The number of methoxy groups -OCH3 is 1. The van der Waals surface area contributed by atoms with E-state index < -0.39 is 0 Å². The molecule has 29 heavy (non-hydrogen) atoms. The Bertz CT molecular complexity index is 944. The van der Waals surface area contributed by atoms with Crippen molar-refractivity contribution in [2.75, 3.05) is 14.2 Å². The van der Waals surface area contributed by atoms with Crippen LogP contribution >= 0.6 is 11.6 Å². The number of halogens is 1. The molecule has 0 amide bonds. The highest BCUT2D eigenvalue weighted by Crippen LogP contribution is 2.22. The molecular weight excluding hydrogens is 388 g/mol. The van der Waals surface area contributed by atoms with E-state index in [1.807, 2.05) is 60.7 Å². The quantitative estimate of drug-likeness (QED) is 0.446. The van der Waals surface area contributed by atoms with Gasteiger partial charge in [0.05, 0.1) is 7.11 Å². The number of ether oxygens (including phenoxy) is 2. The number of nitrogens with one attached hydrogen (secondary N) is 2. The molecule has 0 aliphatic carbocycles. The molecule has 0 aliphatic heterocycles. The molecule has 2 N–H and O–H groups in total. The maximum absolute atomic E-state index is 6.02. The fourth-order valence-corrected chi connectivity index (χ4v) is 2.79. The van der Waals surface area contributed by atoms with E-state index >= 15 is 0 Å². The van der Waals surface area contributed by atoms with Gasteiger partial charge >= 0.3 is 0 Å². The van der Waals surface area contributed by atoms with Crippen molar-refractivity contribution < 1.29 is 9.47 Å². The first-order valence-corrected chi connectivity index (χ1v) is 9.50. The molecule has 0 aliphatic rings. The first-order chi connectivity index (χ1) is 14.2. The van der Waals surface area contributed by atoms with Crippen molar-refractivity contribution in [3.05, 3.63) is 83.0 Å². The van der Waals surface area contributed by atoms with Crippen molar-refractivity contribution in [1.82, 2.24) is 15.6 Å². The summed E-state index contributed by atoms with van der Waals surface area (Å²) in [5.41, 5.74) is 2.10. The average molecular weight is 411 g/mol. The van der Waals surface area contributed by atoms with Crippen LogP contribution in [0, 0.1) is 0 Å². The Balaban J connectivity index is 1.49. The second-order valence-corrected chi connectivity index (χ2v) is 6.63. The summed E-state index contributed by atoms with van der Waals surface area (Å²) >= 11 is 6.02. The lowest BCUT2D eigenvalue weighted by Crippen LogP contribution is -2.36. The minimum atomic E-state index is 0.530. The Labute approximate surface area is 175 Å². The Kier molecular flexibility index (Phi) is 7.30. The molecule has 1 aromatic heterocycles. The van der Waals surface area contributed by atoms with Crippen LogP contribution in [0.3, 0.4) is 0 Å². The predicted molar refractivity (Wildman–Crippen MR) is 116 cm³/mol. The third-order valence-electron chi connectivity index (χ3n) is 4.11. The molecule has 7 heteroatoms. The zero-order chi connectivity index (χ0) is 20.5. The van der Waals surface area contributed by atoms with Gasteiger partial charge < -0.3 is 20.1 Å². The first-order valence-electron chi connectivity index (χ1n) is 9.12. The van der Waals surface area contributed by atoms with Gasteiger partial charge in [-0.2, -0.15) is 0 Å². The number of benzene rings is 2. The number of aliphatic imine (C=N–C) groups is 1. The molecule has 0 saturated heterocycles. The Morgan fingerprint density at radius 3 is 2.31 bits per heavy atom. The molecule has 0 unspecified atom stereocenters. The zero-order valence-electron chi connectivity index (χ0n) is 16.4. The molecule has 0 fully saturated rings. The van der Waals surface area contributed by atoms with Gasteiger partial charge in [-0.3, -0.25) is 4.99 Å². The van der Waals surface area contributed by atoms with Crippen molar-refractivity contribution in [2.45, 2.75) is 13.1 Å². The van der Waals surface area contributed by atoms with Crippen LogP contribution in [0.2, 0.25) is 5.02 Å². The SMILES string of the molecule is CN=C(NCc1ccc(Oc2ccc(OC)cc2)nc1)NCc1cccc(Cl)c1. The molecule has 0 atom stereocenters. The molecular formula is C22H23ClN4O2. The van der Waals surface area contributed by atoms with Crippen LogP contribution in [-0.4, -0.2) is 25.1 Å². The number of aromatic nitrogens is 1. The summed E-state index contributed by atoms with van der Waals surface area (Å²) in [5.74, 6) is 2.71.